The van der Waals surface area contributed by atoms with Crippen LogP contribution in [-0.2, 0) is 4.79 Å². The standard InChI is InChI=1S/C10H9NO2S/c1-8(12)14-6-2-3-9-4-5-11-10(13)7-9/h4-5,7H,6H2,1H3,(H,11,13). The molecule has 0 aromatic carbocycles. The van der Waals surface area contributed by atoms with Gasteiger partial charge in [-0.2, -0.15) is 0 Å². The highest BCUT2D eigenvalue weighted by molar-refractivity contribution is 8.13. The van der Waals surface area contributed by atoms with Gasteiger partial charge < -0.3 is 4.98 Å². The van der Waals surface area contributed by atoms with Gasteiger partial charge in [0, 0.05) is 24.8 Å². The monoisotopic (exact) mass is 207 g/mol. The smallest absolute Gasteiger partial charge is 0.249 e. The largest absolute Gasteiger partial charge is 0.329 e. The number of carbonyl (C=O) groups is 1. The van der Waals surface area contributed by atoms with Crippen LogP contribution in [0.5, 0.6) is 0 Å². The number of H-pyrrole nitrogens is 1. The number of hydrogen-bond donors (Lipinski definition) is 1. The molecule has 0 saturated heterocycles. The number of aromatic amines is 1. The summed E-state index contributed by atoms with van der Waals surface area (Å²) in [6.45, 7) is 1.50. The second-order valence-corrected chi connectivity index (χ2v) is 3.68. The van der Waals surface area contributed by atoms with E-state index in [1.165, 1.54) is 13.0 Å². The molecular formula is C10H9NO2S. The maximum Gasteiger partial charge on any atom is 0.249 e. The lowest BCUT2D eigenvalue weighted by Crippen LogP contribution is -2.02. The number of nitrogens with one attached hydrogen (secondary N) is 1. The summed E-state index contributed by atoms with van der Waals surface area (Å²) in [6, 6.07) is 3.14. The molecule has 0 saturated carbocycles. The third-order valence-corrected chi connectivity index (χ3v) is 2.05. The molecule has 0 bridgehead atoms. The van der Waals surface area contributed by atoms with Crippen LogP contribution in [0.1, 0.15) is 12.5 Å². The Hall–Kier alpha value is -1.47. The average Bonchev–Trinajstić information content (AvgIpc) is 2.12. The lowest BCUT2D eigenvalue weighted by atomic mass is 10.3. The fraction of sp³-hybridized carbons (Fsp3) is 0.200. The summed E-state index contributed by atoms with van der Waals surface area (Å²) in [4.78, 5) is 23.9. The fourth-order valence-electron chi connectivity index (χ4n) is 0.798. The van der Waals surface area contributed by atoms with Crippen LogP contribution < -0.4 is 5.56 Å². The first kappa shape index (κ1) is 10.6. The van der Waals surface area contributed by atoms with E-state index in [1.54, 1.807) is 12.3 Å². The number of aromatic nitrogens is 1. The van der Waals surface area contributed by atoms with Crippen molar-refractivity contribution in [3.05, 3.63) is 34.2 Å². The Kier molecular flexibility index (Phi) is 4.02. The molecule has 0 amide bonds. The van der Waals surface area contributed by atoms with E-state index in [4.69, 9.17) is 0 Å². The molecule has 0 radical (unpaired) electrons. The van der Waals surface area contributed by atoms with Crippen LogP contribution in [0.15, 0.2) is 23.1 Å². The minimum absolute atomic E-state index is 0.0465. The number of thioether (sulfide) groups is 1. The van der Waals surface area contributed by atoms with Gasteiger partial charge in [-0.3, -0.25) is 9.59 Å². The predicted octanol–water partition coefficient (Wildman–Crippen LogP) is 1.01. The van der Waals surface area contributed by atoms with E-state index in [-0.39, 0.29) is 10.7 Å². The molecule has 0 spiro atoms. The van der Waals surface area contributed by atoms with Crippen molar-refractivity contribution in [3.8, 4) is 11.8 Å². The van der Waals surface area contributed by atoms with Gasteiger partial charge in [0.25, 0.3) is 0 Å². The minimum atomic E-state index is -0.170. The molecule has 0 unspecified atom stereocenters. The SMILES string of the molecule is CC(=O)SCC#Cc1cc[nH]c(=O)c1. The van der Waals surface area contributed by atoms with Crippen LogP contribution in [0.3, 0.4) is 0 Å². The van der Waals surface area contributed by atoms with Gasteiger partial charge in [-0.25, -0.2) is 0 Å². The Morgan fingerprint density at radius 2 is 2.43 bits per heavy atom. The minimum Gasteiger partial charge on any atom is -0.329 e. The van der Waals surface area contributed by atoms with Crippen LogP contribution in [0.25, 0.3) is 0 Å². The quantitative estimate of drug-likeness (QED) is 0.699. The normalized spacial score (nSPS) is 8.93. The van der Waals surface area contributed by atoms with Crippen molar-refractivity contribution in [3.63, 3.8) is 0 Å². The lowest BCUT2D eigenvalue weighted by molar-refractivity contribution is -0.109. The molecule has 14 heavy (non-hydrogen) atoms. The van der Waals surface area contributed by atoms with Crippen molar-refractivity contribution in [1.29, 1.82) is 0 Å². The zero-order chi connectivity index (χ0) is 10.4. The van der Waals surface area contributed by atoms with E-state index in [2.05, 4.69) is 16.8 Å². The van der Waals surface area contributed by atoms with Gasteiger partial charge in [0.2, 0.25) is 5.56 Å². The second kappa shape index (κ2) is 5.30. The van der Waals surface area contributed by atoms with Gasteiger partial charge in [-0.1, -0.05) is 23.6 Å². The molecule has 1 N–H and O–H groups in total. The zero-order valence-electron chi connectivity index (χ0n) is 7.66. The van der Waals surface area contributed by atoms with Crippen molar-refractivity contribution in [1.82, 2.24) is 4.98 Å². The molecule has 1 aromatic rings. The molecule has 0 aliphatic rings. The molecule has 0 aliphatic heterocycles. The van der Waals surface area contributed by atoms with Crippen LogP contribution in [-0.4, -0.2) is 15.9 Å². The molecule has 4 heteroatoms. The summed E-state index contributed by atoms with van der Waals surface area (Å²) in [7, 11) is 0. The van der Waals surface area contributed by atoms with Crippen LogP contribution in [0, 0.1) is 11.8 Å². The maximum absolute atomic E-state index is 10.8. The van der Waals surface area contributed by atoms with Crippen molar-refractivity contribution >= 4 is 16.9 Å². The first-order valence-corrected chi connectivity index (χ1v) is 4.98. The Morgan fingerprint density at radius 3 is 3.07 bits per heavy atom. The van der Waals surface area contributed by atoms with E-state index in [1.807, 2.05) is 0 Å². The van der Waals surface area contributed by atoms with Crippen LogP contribution >= 0.6 is 11.8 Å². The third kappa shape index (κ3) is 3.97. The molecule has 0 fully saturated rings. The molecule has 1 rings (SSSR count). The average molecular weight is 207 g/mol. The number of carbonyl (C=O) groups excluding carboxylic acids is 1. The topological polar surface area (TPSA) is 49.9 Å². The number of pyridine rings is 1. The second-order valence-electron chi connectivity index (χ2n) is 2.52. The van der Waals surface area contributed by atoms with E-state index >= 15 is 0 Å². The van der Waals surface area contributed by atoms with Crippen molar-refractivity contribution in [2.45, 2.75) is 6.92 Å². The summed E-state index contributed by atoms with van der Waals surface area (Å²) < 4.78 is 0. The Balaban J connectivity index is 2.59. The van der Waals surface area contributed by atoms with Crippen molar-refractivity contribution in [2.75, 3.05) is 5.75 Å². The number of rotatable bonds is 1. The Bertz CT molecular complexity index is 439. The zero-order valence-corrected chi connectivity index (χ0v) is 8.48. The number of hydrogen-bond acceptors (Lipinski definition) is 3. The van der Waals surface area contributed by atoms with E-state index < -0.39 is 0 Å². The maximum atomic E-state index is 10.8. The third-order valence-electron chi connectivity index (χ3n) is 1.36. The van der Waals surface area contributed by atoms with Gasteiger partial charge in [-0.05, 0) is 6.07 Å². The molecule has 72 valence electrons. The highest BCUT2D eigenvalue weighted by Gasteiger charge is 1.89. The predicted molar refractivity (Wildman–Crippen MR) is 57.1 cm³/mol. The van der Waals surface area contributed by atoms with Gasteiger partial charge in [0.15, 0.2) is 5.12 Å². The summed E-state index contributed by atoms with van der Waals surface area (Å²) in [5.41, 5.74) is 0.494. The van der Waals surface area contributed by atoms with Crippen LogP contribution in [0.2, 0.25) is 0 Å². The highest BCUT2D eigenvalue weighted by Crippen LogP contribution is 1.98. The van der Waals surface area contributed by atoms with E-state index in [0.29, 0.717) is 11.3 Å². The Labute approximate surface area is 85.9 Å². The first-order valence-electron chi connectivity index (χ1n) is 3.99. The van der Waals surface area contributed by atoms with Crippen LogP contribution in [0.4, 0.5) is 0 Å². The fourth-order valence-corrected chi connectivity index (χ4v) is 1.15. The summed E-state index contributed by atoms with van der Waals surface area (Å²) in [6.07, 6.45) is 1.55. The van der Waals surface area contributed by atoms with Gasteiger partial charge in [0.1, 0.15) is 0 Å². The summed E-state index contributed by atoms with van der Waals surface area (Å²) >= 11 is 1.16. The van der Waals surface area contributed by atoms with E-state index in [0.717, 1.165) is 11.8 Å². The first-order chi connectivity index (χ1) is 6.68. The molecule has 1 heterocycles. The van der Waals surface area contributed by atoms with Gasteiger partial charge in [0.05, 0.1) is 5.75 Å². The van der Waals surface area contributed by atoms with Crippen molar-refractivity contribution < 1.29 is 4.79 Å². The molecule has 0 atom stereocenters. The summed E-state index contributed by atoms with van der Waals surface area (Å²) in [5, 5.41) is 0.0465. The van der Waals surface area contributed by atoms with Crippen molar-refractivity contribution in [2.24, 2.45) is 0 Å². The molecule has 1 aromatic heterocycles. The molecule has 3 nitrogen and oxygen atoms in total. The highest BCUT2D eigenvalue weighted by atomic mass is 32.2. The lowest BCUT2D eigenvalue weighted by Gasteiger charge is -1.87. The van der Waals surface area contributed by atoms with E-state index in [9.17, 15) is 9.59 Å². The molecular weight excluding hydrogens is 198 g/mol. The Morgan fingerprint density at radius 1 is 1.64 bits per heavy atom. The van der Waals surface area contributed by atoms with Gasteiger partial charge in [-0.15, -0.1) is 0 Å². The summed E-state index contributed by atoms with van der Waals surface area (Å²) in [5.74, 6) is 6.06. The van der Waals surface area contributed by atoms with Gasteiger partial charge >= 0.3 is 0 Å². The molecule has 0 aliphatic carbocycles.